The maximum Gasteiger partial charge on any atom is 0.259 e. The number of benzene rings is 1. The Labute approximate surface area is 137 Å². The van der Waals surface area contributed by atoms with Gasteiger partial charge in [-0.05, 0) is 36.6 Å². The quantitative estimate of drug-likeness (QED) is 0.594. The van der Waals surface area contributed by atoms with Gasteiger partial charge < -0.3 is 9.72 Å². The van der Waals surface area contributed by atoms with Crippen molar-refractivity contribution in [2.75, 3.05) is 7.11 Å². The van der Waals surface area contributed by atoms with Gasteiger partial charge in [-0.15, -0.1) is 0 Å². The van der Waals surface area contributed by atoms with Crippen molar-refractivity contribution < 1.29 is 4.74 Å². The van der Waals surface area contributed by atoms with Crippen LogP contribution >= 0.6 is 0 Å². The molecule has 0 aliphatic rings. The van der Waals surface area contributed by atoms with Crippen LogP contribution in [-0.4, -0.2) is 27.3 Å². The molecule has 6 heteroatoms. The lowest BCUT2D eigenvalue weighted by atomic mass is 9.96. The molecule has 0 amide bonds. The summed E-state index contributed by atoms with van der Waals surface area (Å²) < 4.78 is 5.33. The third-order valence-electron chi connectivity index (χ3n) is 4.37. The maximum atomic E-state index is 12.2. The van der Waals surface area contributed by atoms with Crippen molar-refractivity contribution in [1.82, 2.24) is 20.2 Å². The van der Waals surface area contributed by atoms with Crippen LogP contribution in [0, 0.1) is 13.8 Å². The van der Waals surface area contributed by atoms with E-state index in [1.54, 1.807) is 19.5 Å². The van der Waals surface area contributed by atoms with Gasteiger partial charge in [0.15, 0.2) is 0 Å². The van der Waals surface area contributed by atoms with Crippen molar-refractivity contribution in [3.8, 4) is 17.0 Å². The summed E-state index contributed by atoms with van der Waals surface area (Å²) in [5, 5.41) is 8.37. The van der Waals surface area contributed by atoms with E-state index in [-0.39, 0.29) is 5.56 Å². The molecule has 24 heavy (non-hydrogen) atoms. The van der Waals surface area contributed by atoms with Gasteiger partial charge in [-0.25, -0.2) is 4.98 Å². The first-order valence-electron chi connectivity index (χ1n) is 7.60. The highest BCUT2D eigenvalue weighted by molar-refractivity contribution is 6.03. The van der Waals surface area contributed by atoms with Crippen molar-refractivity contribution in [1.29, 1.82) is 0 Å². The predicted octanol–water partition coefficient (Wildman–Crippen LogP) is 3.09. The summed E-state index contributed by atoms with van der Waals surface area (Å²) >= 11 is 0. The Kier molecular flexibility index (Phi) is 3.13. The lowest BCUT2D eigenvalue weighted by molar-refractivity contribution is 0.394. The second kappa shape index (κ2) is 5.19. The van der Waals surface area contributed by atoms with E-state index in [2.05, 4.69) is 20.2 Å². The highest BCUT2D eigenvalue weighted by Crippen LogP contribution is 2.33. The summed E-state index contributed by atoms with van der Waals surface area (Å²) in [7, 11) is 1.61. The molecule has 6 nitrogen and oxygen atoms in total. The van der Waals surface area contributed by atoms with E-state index in [4.69, 9.17) is 4.74 Å². The molecule has 0 saturated heterocycles. The summed E-state index contributed by atoms with van der Waals surface area (Å²) in [6.07, 6.45) is 3.34. The average Bonchev–Trinajstić information content (AvgIpc) is 3.05. The lowest BCUT2D eigenvalue weighted by Crippen LogP contribution is -2.05. The van der Waals surface area contributed by atoms with Crippen LogP contribution in [0.25, 0.3) is 32.9 Å². The van der Waals surface area contributed by atoms with E-state index < -0.39 is 0 Å². The van der Waals surface area contributed by atoms with E-state index in [0.29, 0.717) is 11.3 Å². The smallest absolute Gasteiger partial charge is 0.259 e. The molecule has 4 aromatic rings. The van der Waals surface area contributed by atoms with Crippen molar-refractivity contribution in [2.45, 2.75) is 13.8 Å². The van der Waals surface area contributed by atoms with Gasteiger partial charge in [0.25, 0.3) is 5.56 Å². The Morgan fingerprint density at radius 1 is 1.12 bits per heavy atom. The van der Waals surface area contributed by atoms with Gasteiger partial charge in [-0.3, -0.25) is 9.89 Å². The third kappa shape index (κ3) is 2.00. The van der Waals surface area contributed by atoms with Gasteiger partial charge in [-0.1, -0.05) is 12.1 Å². The molecule has 0 spiro atoms. The number of aromatic amines is 2. The molecular weight excluding hydrogens is 304 g/mol. The second-order valence-corrected chi connectivity index (χ2v) is 5.82. The highest BCUT2D eigenvalue weighted by atomic mass is 16.5. The van der Waals surface area contributed by atoms with Gasteiger partial charge >= 0.3 is 0 Å². The zero-order valence-corrected chi connectivity index (χ0v) is 13.6. The van der Waals surface area contributed by atoms with Crippen LogP contribution in [0.15, 0.2) is 35.4 Å². The summed E-state index contributed by atoms with van der Waals surface area (Å²) in [5.41, 5.74) is 5.47. The fraction of sp³-hybridized carbons (Fsp3) is 0.167. The Balaban J connectivity index is 2.03. The molecule has 0 atom stereocenters. The van der Waals surface area contributed by atoms with Crippen LogP contribution in [0.3, 0.4) is 0 Å². The normalized spacial score (nSPS) is 11.3. The standard InChI is InChI=1S/C18H16N4O2/c1-9-7-19-18(24-3)10(2)15(9)11-4-5-12-14(6-11)21-17(23)13-8-20-22-16(12)13/h4-8H,1-3H3,(H,20,22)(H,21,23). The molecule has 4 rings (SSSR count). The first-order valence-corrected chi connectivity index (χ1v) is 7.60. The first-order chi connectivity index (χ1) is 11.6. The number of methoxy groups -OCH3 is 1. The Morgan fingerprint density at radius 3 is 2.75 bits per heavy atom. The molecule has 0 aliphatic heterocycles. The molecule has 0 unspecified atom stereocenters. The minimum absolute atomic E-state index is 0.149. The molecule has 0 bridgehead atoms. The Bertz CT molecular complexity index is 1140. The molecule has 1 aromatic carbocycles. The minimum atomic E-state index is -0.149. The maximum absolute atomic E-state index is 12.2. The number of nitrogens with zero attached hydrogens (tertiary/aromatic N) is 2. The molecule has 2 N–H and O–H groups in total. The average molecular weight is 320 g/mol. The van der Waals surface area contributed by atoms with Crippen LogP contribution in [-0.2, 0) is 0 Å². The molecule has 0 radical (unpaired) electrons. The topological polar surface area (TPSA) is 83.7 Å². The number of aromatic nitrogens is 4. The van der Waals surface area contributed by atoms with Gasteiger partial charge in [0.1, 0.15) is 0 Å². The summed E-state index contributed by atoms with van der Waals surface area (Å²) in [6.45, 7) is 4.00. The molecule has 0 fully saturated rings. The molecule has 0 aliphatic carbocycles. The SMILES string of the molecule is COc1ncc(C)c(-c2ccc3c(c2)[nH]c(=O)c2cn[nH]c23)c1C. The summed E-state index contributed by atoms with van der Waals surface area (Å²) in [4.78, 5) is 19.4. The monoisotopic (exact) mass is 320 g/mol. The summed E-state index contributed by atoms with van der Waals surface area (Å²) in [5.74, 6) is 0.605. The minimum Gasteiger partial charge on any atom is -0.481 e. The Hall–Kier alpha value is -3.15. The summed E-state index contributed by atoms with van der Waals surface area (Å²) in [6, 6.07) is 6.01. The van der Waals surface area contributed by atoms with Crippen molar-refractivity contribution in [3.05, 3.63) is 52.1 Å². The lowest BCUT2D eigenvalue weighted by Gasteiger charge is -2.13. The van der Waals surface area contributed by atoms with Gasteiger partial charge in [0.2, 0.25) is 5.88 Å². The van der Waals surface area contributed by atoms with E-state index in [0.717, 1.165) is 38.7 Å². The number of ether oxygens (including phenoxy) is 1. The zero-order chi connectivity index (χ0) is 16.8. The third-order valence-corrected chi connectivity index (χ3v) is 4.37. The zero-order valence-electron chi connectivity index (χ0n) is 13.6. The van der Waals surface area contributed by atoms with Crippen LogP contribution in [0.4, 0.5) is 0 Å². The second-order valence-electron chi connectivity index (χ2n) is 5.82. The van der Waals surface area contributed by atoms with Crippen LogP contribution < -0.4 is 10.3 Å². The Morgan fingerprint density at radius 2 is 1.96 bits per heavy atom. The van der Waals surface area contributed by atoms with Crippen molar-refractivity contribution in [3.63, 3.8) is 0 Å². The van der Waals surface area contributed by atoms with E-state index in [1.807, 2.05) is 32.0 Å². The van der Waals surface area contributed by atoms with Crippen LogP contribution in [0.5, 0.6) is 5.88 Å². The fourth-order valence-corrected chi connectivity index (χ4v) is 3.24. The molecule has 120 valence electrons. The van der Waals surface area contributed by atoms with E-state index >= 15 is 0 Å². The predicted molar refractivity (Wildman–Crippen MR) is 93.5 cm³/mol. The number of hydrogen-bond donors (Lipinski definition) is 2. The molecule has 3 aromatic heterocycles. The van der Waals surface area contributed by atoms with Gasteiger partial charge in [0.05, 0.1) is 29.7 Å². The number of pyridine rings is 2. The molecule has 3 heterocycles. The number of nitrogens with one attached hydrogen (secondary N) is 2. The number of aryl methyl sites for hydroxylation is 1. The number of H-pyrrole nitrogens is 2. The van der Waals surface area contributed by atoms with Crippen LogP contribution in [0.1, 0.15) is 11.1 Å². The largest absolute Gasteiger partial charge is 0.481 e. The van der Waals surface area contributed by atoms with E-state index in [1.165, 1.54) is 0 Å². The first kappa shape index (κ1) is 14.4. The number of fused-ring (bicyclic) bond motifs is 3. The number of rotatable bonds is 2. The van der Waals surface area contributed by atoms with Crippen molar-refractivity contribution >= 4 is 21.8 Å². The fourth-order valence-electron chi connectivity index (χ4n) is 3.24. The van der Waals surface area contributed by atoms with Gasteiger partial charge in [-0.2, -0.15) is 5.10 Å². The van der Waals surface area contributed by atoms with E-state index in [9.17, 15) is 4.79 Å². The van der Waals surface area contributed by atoms with Crippen LogP contribution in [0.2, 0.25) is 0 Å². The number of hydrogen-bond acceptors (Lipinski definition) is 4. The van der Waals surface area contributed by atoms with Gasteiger partial charge in [0, 0.05) is 17.1 Å². The highest BCUT2D eigenvalue weighted by Gasteiger charge is 2.13. The molecular formula is C18H16N4O2. The molecule has 0 saturated carbocycles. The van der Waals surface area contributed by atoms with Crippen molar-refractivity contribution in [2.24, 2.45) is 0 Å².